The molecule has 0 radical (unpaired) electrons. The predicted octanol–water partition coefficient (Wildman–Crippen LogP) is 12.2. The molecule has 0 saturated heterocycles. The minimum absolute atomic E-state index is 0.118. The number of aliphatic hydroxyl groups excluding tert-OH is 2. The highest BCUT2D eigenvalue weighted by Crippen LogP contribution is 2.07. The van der Waals surface area contributed by atoms with E-state index in [1.54, 1.807) is 6.08 Å². The number of unbranched alkanes of at least 4 members (excludes halogenated alkanes) is 8. The first-order valence-electron chi connectivity index (χ1n) is 19.7. The molecular formula is C46H73NO3. The zero-order chi connectivity index (χ0) is 36.4. The lowest BCUT2D eigenvalue weighted by atomic mass is 10.1. The van der Waals surface area contributed by atoms with E-state index in [0.29, 0.717) is 6.42 Å². The van der Waals surface area contributed by atoms with Crippen LogP contribution in [-0.4, -0.2) is 34.9 Å². The van der Waals surface area contributed by atoms with Gasteiger partial charge in [-0.1, -0.05) is 155 Å². The summed E-state index contributed by atoms with van der Waals surface area (Å²) in [7, 11) is 0. The maximum absolute atomic E-state index is 12.3. The molecule has 50 heavy (non-hydrogen) atoms. The maximum Gasteiger partial charge on any atom is 0.220 e. The van der Waals surface area contributed by atoms with Crippen LogP contribution in [0.3, 0.4) is 0 Å². The van der Waals surface area contributed by atoms with Crippen LogP contribution < -0.4 is 5.32 Å². The summed E-state index contributed by atoms with van der Waals surface area (Å²) in [5.41, 5.74) is 0. The Kier molecular flexibility index (Phi) is 37.6. The molecular weight excluding hydrogens is 615 g/mol. The molecule has 2 unspecified atom stereocenters. The Balaban J connectivity index is 3.82. The number of allylic oxidation sites excluding steroid dienone is 19. The summed E-state index contributed by atoms with van der Waals surface area (Å²) in [6.07, 6.45) is 62.9. The molecule has 0 aliphatic carbocycles. The van der Waals surface area contributed by atoms with Gasteiger partial charge in [0.25, 0.3) is 0 Å². The van der Waals surface area contributed by atoms with Crippen LogP contribution in [0.5, 0.6) is 0 Å². The third kappa shape index (κ3) is 36.1. The maximum atomic E-state index is 12.3. The second-order valence-electron chi connectivity index (χ2n) is 12.6. The summed E-state index contributed by atoms with van der Waals surface area (Å²) in [4.78, 5) is 12.3. The van der Waals surface area contributed by atoms with Crippen molar-refractivity contribution in [2.24, 2.45) is 0 Å². The Labute approximate surface area is 308 Å². The largest absolute Gasteiger partial charge is 0.394 e. The monoisotopic (exact) mass is 688 g/mol. The molecule has 0 fully saturated rings. The summed E-state index contributed by atoms with van der Waals surface area (Å²) in [5, 5.41) is 22.8. The van der Waals surface area contributed by atoms with E-state index in [2.05, 4.69) is 129 Å². The van der Waals surface area contributed by atoms with Crippen LogP contribution in [0.2, 0.25) is 0 Å². The van der Waals surface area contributed by atoms with E-state index in [1.165, 1.54) is 25.7 Å². The Morgan fingerprint density at radius 1 is 0.500 bits per heavy atom. The zero-order valence-electron chi connectivity index (χ0n) is 31.9. The van der Waals surface area contributed by atoms with Crippen molar-refractivity contribution in [1.29, 1.82) is 0 Å². The van der Waals surface area contributed by atoms with E-state index < -0.39 is 12.1 Å². The van der Waals surface area contributed by atoms with Crippen LogP contribution in [-0.2, 0) is 4.79 Å². The highest BCUT2D eigenvalue weighted by Gasteiger charge is 2.17. The SMILES string of the molecule is CC/C=C\C/C=C\C/C=C\C/C=C\C/C=C\C/C=C\C/C=C\CCCCCC(=O)NC(CO)C(O)/C=C/CC/C=C/CC/C=C/CCCCC. The lowest BCUT2D eigenvalue weighted by Crippen LogP contribution is -2.45. The third-order valence-corrected chi connectivity index (χ3v) is 7.91. The van der Waals surface area contributed by atoms with E-state index >= 15 is 0 Å². The molecule has 0 spiro atoms. The van der Waals surface area contributed by atoms with Crippen LogP contribution in [0.4, 0.5) is 0 Å². The van der Waals surface area contributed by atoms with Crippen molar-refractivity contribution in [3.8, 4) is 0 Å². The fourth-order valence-corrected chi connectivity index (χ4v) is 4.89. The Morgan fingerprint density at radius 3 is 1.36 bits per heavy atom. The lowest BCUT2D eigenvalue weighted by Gasteiger charge is -2.19. The van der Waals surface area contributed by atoms with Crippen LogP contribution in [0.1, 0.15) is 142 Å². The number of aliphatic hydroxyl groups is 2. The third-order valence-electron chi connectivity index (χ3n) is 7.91. The molecule has 0 aromatic carbocycles. The molecule has 0 aromatic rings. The normalized spacial score (nSPS) is 14.4. The molecule has 0 aliphatic rings. The fraction of sp³-hybridized carbons (Fsp3) is 0.543. The second-order valence-corrected chi connectivity index (χ2v) is 12.6. The Hall–Kier alpha value is -3.21. The highest BCUT2D eigenvalue weighted by atomic mass is 16.3. The molecule has 0 rings (SSSR count). The Bertz CT molecular complexity index is 1050. The standard InChI is InChI=1S/C46H73NO3/c1-3-5-7-9-11-13-15-17-18-19-20-21-22-23-24-25-26-27-28-30-32-34-36-38-40-42-46(50)47-44(43-48)45(49)41-39-37-35-33-31-29-16-14-12-10-8-6-4-2/h5,7,11-14,17-18,20-21,23-24,26-27,30-33,39,41,44-45,48-49H,3-4,6,8-10,15-16,19,22,25,28-29,34-38,40,42-43H2,1-2H3,(H,47,50)/b7-5-,13-11-,14-12+,18-17-,21-20-,24-23-,27-26-,32-30-,33-31+,41-39+. The van der Waals surface area contributed by atoms with Gasteiger partial charge in [-0.05, 0) is 103 Å². The van der Waals surface area contributed by atoms with Crippen molar-refractivity contribution in [3.05, 3.63) is 122 Å². The van der Waals surface area contributed by atoms with E-state index in [1.807, 2.05) is 6.08 Å². The minimum Gasteiger partial charge on any atom is -0.394 e. The first-order valence-corrected chi connectivity index (χ1v) is 19.7. The number of rotatable bonds is 33. The molecule has 1 amide bonds. The highest BCUT2D eigenvalue weighted by molar-refractivity contribution is 5.76. The van der Waals surface area contributed by atoms with Gasteiger partial charge in [-0.2, -0.15) is 0 Å². The summed E-state index contributed by atoms with van der Waals surface area (Å²) in [6.45, 7) is 4.10. The molecule has 0 heterocycles. The topological polar surface area (TPSA) is 69.6 Å². The first-order chi connectivity index (χ1) is 24.7. The summed E-state index contributed by atoms with van der Waals surface area (Å²) in [5.74, 6) is -0.118. The summed E-state index contributed by atoms with van der Waals surface area (Å²) < 4.78 is 0. The smallest absolute Gasteiger partial charge is 0.220 e. The van der Waals surface area contributed by atoms with E-state index in [9.17, 15) is 15.0 Å². The second kappa shape index (κ2) is 40.2. The molecule has 2 atom stereocenters. The van der Waals surface area contributed by atoms with Crippen molar-refractivity contribution in [2.45, 2.75) is 154 Å². The van der Waals surface area contributed by atoms with Crippen molar-refractivity contribution >= 4 is 5.91 Å². The number of carbonyl (C=O) groups is 1. The fourth-order valence-electron chi connectivity index (χ4n) is 4.89. The summed E-state index contributed by atoms with van der Waals surface area (Å²) in [6, 6.07) is -0.671. The summed E-state index contributed by atoms with van der Waals surface area (Å²) >= 11 is 0. The van der Waals surface area contributed by atoms with Crippen molar-refractivity contribution in [2.75, 3.05) is 6.61 Å². The average molecular weight is 688 g/mol. The van der Waals surface area contributed by atoms with Gasteiger partial charge in [0.1, 0.15) is 0 Å². The molecule has 4 nitrogen and oxygen atoms in total. The van der Waals surface area contributed by atoms with E-state index in [-0.39, 0.29) is 12.5 Å². The van der Waals surface area contributed by atoms with Crippen LogP contribution in [0.25, 0.3) is 0 Å². The Morgan fingerprint density at radius 2 is 0.900 bits per heavy atom. The zero-order valence-corrected chi connectivity index (χ0v) is 31.9. The van der Waals surface area contributed by atoms with Gasteiger partial charge < -0.3 is 15.5 Å². The van der Waals surface area contributed by atoms with E-state index in [4.69, 9.17) is 0 Å². The van der Waals surface area contributed by atoms with Crippen LogP contribution in [0, 0.1) is 0 Å². The first kappa shape index (κ1) is 46.8. The number of hydrogen-bond donors (Lipinski definition) is 3. The van der Waals surface area contributed by atoms with Gasteiger partial charge >= 0.3 is 0 Å². The minimum atomic E-state index is -0.892. The molecule has 280 valence electrons. The molecule has 0 aliphatic heterocycles. The van der Waals surface area contributed by atoms with Gasteiger partial charge in [-0.3, -0.25) is 4.79 Å². The van der Waals surface area contributed by atoms with Gasteiger partial charge in [0, 0.05) is 6.42 Å². The number of hydrogen-bond acceptors (Lipinski definition) is 3. The number of amides is 1. The van der Waals surface area contributed by atoms with E-state index in [0.717, 1.165) is 96.3 Å². The molecule has 0 aromatic heterocycles. The van der Waals surface area contributed by atoms with Crippen molar-refractivity contribution in [3.63, 3.8) is 0 Å². The predicted molar refractivity (Wildman–Crippen MR) is 220 cm³/mol. The van der Waals surface area contributed by atoms with Gasteiger partial charge in [0.15, 0.2) is 0 Å². The van der Waals surface area contributed by atoms with Gasteiger partial charge in [-0.15, -0.1) is 0 Å². The van der Waals surface area contributed by atoms with Gasteiger partial charge in [0.05, 0.1) is 18.8 Å². The van der Waals surface area contributed by atoms with Crippen molar-refractivity contribution in [1.82, 2.24) is 5.32 Å². The van der Waals surface area contributed by atoms with Crippen molar-refractivity contribution < 1.29 is 15.0 Å². The molecule has 0 saturated carbocycles. The molecule has 3 N–H and O–H groups in total. The quantitative estimate of drug-likeness (QED) is 0.0475. The molecule has 4 heteroatoms. The molecule has 0 bridgehead atoms. The average Bonchev–Trinajstić information content (AvgIpc) is 3.12. The van der Waals surface area contributed by atoms with Gasteiger partial charge in [0.2, 0.25) is 5.91 Å². The number of nitrogens with one attached hydrogen (secondary N) is 1. The van der Waals surface area contributed by atoms with Crippen LogP contribution >= 0.6 is 0 Å². The van der Waals surface area contributed by atoms with Gasteiger partial charge in [-0.25, -0.2) is 0 Å². The van der Waals surface area contributed by atoms with Crippen LogP contribution in [0.15, 0.2) is 122 Å². The lowest BCUT2D eigenvalue weighted by molar-refractivity contribution is -0.123. The number of carbonyl (C=O) groups excluding carboxylic acids is 1.